The highest BCUT2D eigenvalue weighted by atomic mass is 16.5. The molecule has 92 valence electrons. The number of rotatable bonds is 4. The number of nitrogens with one attached hydrogen (secondary N) is 1. The van der Waals surface area contributed by atoms with Gasteiger partial charge in [-0.05, 0) is 25.1 Å². The van der Waals surface area contributed by atoms with E-state index in [1.807, 2.05) is 6.92 Å². The van der Waals surface area contributed by atoms with Crippen molar-refractivity contribution >= 4 is 11.6 Å². The first-order valence-corrected chi connectivity index (χ1v) is 5.47. The second-order valence-corrected chi connectivity index (χ2v) is 3.39. The lowest BCUT2D eigenvalue weighted by Gasteiger charge is -2.04. The van der Waals surface area contributed by atoms with Gasteiger partial charge in [0.2, 0.25) is 5.88 Å². The molecule has 0 saturated heterocycles. The third-order valence-electron chi connectivity index (χ3n) is 2.08. The van der Waals surface area contributed by atoms with Crippen LogP contribution >= 0.6 is 0 Å². The summed E-state index contributed by atoms with van der Waals surface area (Å²) in [6.45, 7) is 2.36. The molecule has 0 aliphatic heterocycles. The standard InChI is InChI=1S/C12H12N4O2/c1-2-18-11-6-5-10(15-16-11)12(17)14-9-4-3-7-13-8-9/h3-8H,2H2,1H3,(H,14,17). The lowest BCUT2D eigenvalue weighted by atomic mass is 10.3. The van der Waals surface area contributed by atoms with Gasteiger partial charge in [0.15, 0.2) is 5.69 Å². The molecular formula is C12H12N4O2. The summed E-state index contributed by atoms with van der Waals surface area (Å²) in [4.78, 5) is 15.7. The zero-order valence-corrected chi connectivity index (χ0v) is 9.83. The van der Waals surface area contributed by atoms with Gasteiger partial charge in [0.25, 0.3) is 5.91 Å². The molecule has 2 heterocycles. The van der Waals surface area contributed by atoms with Crippen LogP contribution in [0.25, 0.3) is 0 Å². The van der Waals surface area contributed by atoms with E-state index in [-0.39, 0.29) is 11.6 Å². The summed E-state index contributed by atoms with van der Waals surface area (Å²) in [5.41, 5.74) is 0.834. The maximum Gasteiger partial charge on any atom is 0.276 e. The minimum atomic E-state index is -0.335. The van der Waals surface area contributed by atoms with E-state index < -0.39 is 0 Å². The lowest BCUT2D eigenvalue weighted by Crippen LogP contribution is -2.14. The average Bonchev–Trinajstić information content (AvgIpc) is 2.41. The van der Waals surface area contributed by atoms with Crippen molar-refractivity contribution in [2.24, 2.45) is 0 Å². The minimum Gasteiger partial charge on any atom is -0.477 e. The molecule has 0 spiro atoms. The quantitative estimate of drug-likeness (QED) is 0.882. The number of carbonyl (C=O) groups excluding carboxylic acids is 1. The van der Waals surface area contributed by atoms with Crippen LogP contribution in [0.1, 0.15) is 17.4 Å². The third-order valence-corrected chi connectivity index (χ3v) is 2.08. The summed E-state index contributed by atoms with van der Waals surface area (Å²) >= 11 is 0. The highest BCUT2D eigenvalue weighted by Gasteiger charge is 2.08. The van der Waals surface area contributed by atoms with Gasteiger partial charge in [-0.15, -0.1) is 10.2 Å². The molecule has 0 aliphatic carbocycles. The molecule has 18 heavy (non-hydrogen) atoms. The first-order chi connectivity index (χ1) is 8.79. The van der Waals surface area contributed by atoms with Crippen molar-refractivity contribution in [1.82, 2.24) is 15.2 Å². The van der Waals surface area contributed by atoms with Crippen LogP contribution in [0.15, 0.2) is 36.7 Å². The van der Waals surface area contributed by atoms with Gasteiger partial charge in [-0.1, -0.05) is 0 Å². The van der Waals surface area contributed by atoms with E-state index in [2.05, 4.69) is 20.5 Å². The first kappa shape index (κ1) is 12.0. The van der Waals surface area contributed by atoms with E-state index in [4.69, 9.17) is 4.74 Å². The number of hydrogen-bond acceptors (Lipinski definition) is 5. The summed E-state index contributed by atoms with van der Waals surface area (Å²) in [5, 5.41) is 10.2. The van der Waals surface area contributed by atoms with Crippen LogP contribution in [0.2, 0.25) is 0 Å². The number of anilines is 1. The van der Waals surface area contributed by atoms with Crippen molar-refractivity contribution in [3.63, 3.8) is 0 Å². The molecular weight excluding hydrogens is 232 g/mol. The summed E-state index contributed by atoms with van der Waals surface area (Å²) in [6, 6.07) is 6.64. The van der Waals surface area contributed by atoms with Gasteiger partial charge in [-0.2, -0.15) is 0 Å². The number of pyridine rings is 1. The molecule has 1 amide bonds. The SMILES string of the molecule is CCOc1ccc(C(=O)Nc2cccnc2)nn1. The van der Waals surface area contributed by atoms with E-state index in [1.165, 1.54) is 0 Å². The highest BCUT2D eigenvalue weighted by Crippen LogP contribution is 2.08. The molecule has 2 rings (SSSR count). The number of aromatic nitrogens is 3. The Bertz CT molecular complexity index is 513. The zero-order valence-electron chi connectivity index (χ0n) is 9.83. The topological polar surface area (TPSA) is 77.0 Å². The van der Waals surface area contributed by atoms with E-state index in [0.717, 1.165) is 0 Å². The van der Waals surface area contributed by atoms with Crippen LogP contribution in [0, 0.1) is 0 Å². The molecule has 1 N–H and O–H groups in total. The van der Waals surface area contributed by atoms with Gasteiger partial charge in [-0.25, -0.2) is 0 Å². The number of amides is 1. The van der Waals surface area contributed by atoms with Crippen molar-refractivity contribution < 1.29 is 9.53 Å². The minimum absolute atomic E-state index is 0.224. The summed E-state index contributed by atoms with van der Waals surface area (Å²) < 4.78 is 5.14. The largest absolute Gasteiger partial charge is 0.477 e. The average molecular weight is 244 g/mol. The Morgan fingerprint density at radius 2 is 2.22 bits per heavy atom. The van der Waals surface area contributed by atoms with Crippen LogP contribution in [0.5, 0.6) is 5.88 Å². The number of ether oxygens (including phenoxy) is 1. The van der Waals surface area contributed by atoms with Crippen LogP contribution < -0.4 is 10.1 Å². The second-order valence-electron chi connectivity index (χ2n) is 3.39. The van der Waals surface area contributed by atoms with Crippen molar-refractivity contribution in [2.45, 2.75) is 6.92 Å². The Hall–Kier alpha value is -2.50. The molecule has 6 nitrogen and oxygen atoms in total. The Balaban J connectivity index is 2.05. The number of nitrogens with zero attached hydrogens (tertiary/aromatic N) is 3. The van der Waals surface area contributed by atoms with E-state index in [0.29, 0.717) is 18.2 Å². The van der Waals surface area contributed by atoms with E-state index in [9.17, 15) is 4.79 Å². The monoisotopic (exact) mass is 244 g/mol. The van der Waals surface area contributed by atoms with Crippen LogP contribution in [0.3, 0.4) is 0 Å². The van der Waals surface area contributed by atoms with Crippen LogP contribution in [-0.4, -0.2) is 27.7 Å². The fourth-order valence-electron chi connectivity index (χ4n) is 1.30. The molecule has 2 aromatic heterocycles. The normalized spacial score (nSPS) is 9.83. The number of carbonyl (C=O) groups is 1. The van der Waals surface area contributed by atoms with E-state index in [1.54, 1.807) is 36.7 Å². The predicted octanol–water partition coefficient (Wildman–Crippen LogP) is 1.52. The molecule has 0 saturated carbocycles. The molecule has 0 bridgehead atoms. The molecule has 0 fully saturated rings. The van der Waals surface area contributed by atoms with Crippen molar-refractivity contribution in [3.05, 3.63) is 42.4 Å². The lowest BCUT2D eigenvalue weighted by molar-refractivity contribution is 0.102. The van der Waals surface area contributed by atoms with Crippen LogP contribution in [-0.2, 0) is 0 Å². The zero-order chi connectivity index (χ0) is 12.8. The van der Waals surface area contributed by atoms with Crippen molar-refractivity contribution in [3.8, 4) is 5.88 Å². The summed E-state index contributed by atoms with van der Waals surface area (Å²) in [7, 11) is 0. The van der Waals surface area contributed by atoms with Gasteiger partial charge < -0.3 is 10.1 Å². The Morgan fingerprint density at radius 3 is 2.83 bits per heavy atom. The first-order valence-electron chi connectivity index (χ1n) is 5.47. The van der Waals surface area contributed by atoms with Crippen molar-refractivity contribution in [1.29, 1.82) is 0 Å². The molecule has 0 aromatic carbocycles. The Kier molecular flexibility index (Phi) is 3.80. The smallest absolute Gasteiger partial charge is 0.276 e. The molecule has 2 aromatic rings. The second kappa shape index (κ2) is 5.72. The Morgan fingerprint density at radius 1 is 1.33 bits per heavy atom. The van der Waals surface area contributed by atoms with Gasteiger partial charge in [0.1, 0.15) is 0 Å². The van der Waals surface area contributed by atoms with Crippen LogP contribution in [0.4, 0.5) is 5.69 Å². The molecule has 0 radical (unpaired) electrons. The maximum atomic E-state index is 11.8. The van der Waals surface area contributed by atoms with Gasteiger partial charge in [0, 0.05) is 12.3 Å². The van der Waals surface area contributed by atoms with Gasteiger partial charge in [0.05, 0.1) is 18.5 Å². The van der Waals surface area contributed by atoms with E-state index >= 15 is 0 Å². The number of hydrogen-bond donors (Lipinski definition) is 1. The summed E-state index contributed by atoms with van der Waals surface area (Å²) in [6.07, 6.45) is 3.19. The predicted molar refractivity (Wildman–Crippen MR) is 65.4 cm³/mol. The molecule has 0 atom stereocenters. The molecule has 0 unspecified atom stereocenters. The molecule has 0 aliphatic rings. The highest BCUT2D eigenvalue weighted by molar-refractivity contribution is 6.02. The van der Waals surface area contributed by atoms with Crippen molar-refractivity contribution in [2.75, 3.05) is 11.9 Å². The van der Waals surface area contributed by atoms with Gasteiger partial charge >= 0.3 is 0 Å². The third kappa shape index (κ3) is 3.00. The van der Waals surface area contributed by atoms with Gasteiger partial charge in [-0.3, -0.25) is 9.78 Å². The maximum absolute atomic E-state index is 11.8. The molecule has 6 heteroatoms. The summed E-state index contributed by atoms with van der Waals surface area (Å²) in [5.74, 6) is 0.0639. The Labute approximate surface area is 104 Å². The fourth-order valence-corrected chi connectivity index (χ4v) is 1.30. The fraction of sp³-hybridized carbons (Fsp3) is 0.167.